The molecule has 1 saturated heterocycles. The first-order chi connectivity index (χ1) is 9.27. The van der Waals surface area contributed by atoms with Gasteiger partial charge >= 0.3 is 5.76 Å². The van der Waals surface area contributed by atoms with Gasteiger partial charge in [0.2, 0.25) is 0 Å². The molecule has 2 aliphatic rings. The number of rotatable bonds is 0. The number of fused-ring (bicyclic) bond motifs is 5. The predicted octanol–water partition coefficient (Wildman–Crippen LogP) is 1.65. The zero-order valence-electron chi connectivity index (χ0n) is 10.1. The third-order valence-electron chi connectivity index (χ3n) is 3.82. The van der Waals surface area contributed by atoms with Gasteiger partial charge in [-0.2, -0.15) is 0 Å². The van der Waals surface area contributed by atoms with Gasteiger partial charge < -0.3 is 4.90 Å². The second kappa shape index (κ2) is 3.77. The van der Waals surface area contributed by atoms with E-state index in [4.69, 9.17) is 16.7 Å². The van der Waals surface area contributed by atoms with E-state index in [-0.39, 0.29) is 6.04 Å². The van der Waals surface area contributed by atoms with Crippen molar-refractivity contribution in [2.75, 3.05) is 6.54 Å². The van der Waals surface area contributed by atoms with Gasteiger partial charge in [0.25, 0.3) is 0 Å². The molecule has 1 unspecified atom stereocenters. The van der Waals surface area contributed by atoms with Crippen molar-refractivity contribution in [2.45, 2.75) is 18.9 Å². The molecule has 1 atom stereocenters. The fourth-order valence-electron chi connectivity index (χ4n) is 2.98. The molecule has 96 valence electrons. The highest BCUT2D eigenvalue weighted by atomic mass is 32.1. The van der Waals surface area contributed by atoms with Gasteiger partial charge in [0, 0.05) is 12.1 Å². The van der Waals surface area contributed by atoms with Gasteiger partial charge in [-0.05, 0) is 25.0 Å². The first kappa shape index (κ1) is 10.9. The molecule has 1 aromatic carbocycles. The van der Waals surface area contributed by atoms with Crippen molar-refractivity contribution < 1.29 is 4.52 Å². The molecule has 0 aliphatic carbocycles. The molecule has 0 radical (unpaired) electrons. The summed E-state index contributed by atoms with van der Waals surface area (Å²) in [5.74, 6) is 0.216. The quantitative estimate of drug-likeness (QED) is 0.683. The zero-order chi connectivity index (χ0) is 13.0. The van der Waals surface area contributed by atoms with Gasteiger partial charge in [-0.1, -0.05) is 29.5 Å². The molecule has 5 nitrogen and oxygen atoms in total. The first-order valence-corrected chi connectivity index (χ1v) is 6.67. The summed E-state index contributed by atoms with van der Waals surface area (Å²) >= 11 is 5.59. The average Bonchev–Trinajstić information content (AvgIpc) is 3.02. The predicted molar refractivity (Wildman–Crippen MR) is 72.5 cm³/mol. The monoisotopic (exact) mass is 273 g/mol. The van der Waals surface area contributed by atoms with Crippen molar-refractivity contribution >= 4 is 17.2 Å². The molecular weight excluding hydrogens is 262 g/mol. The Morgan fingerprint density at radius 3 is 3.11 bits per heavy atom. The molecule has 0 saturated carbocycles. The van der Waals surface area contributed by atoms with Crippen molar-refractivity contribution in [3.63, 3.8) is 0 Å². The Morgan fingerprint density at radius 2 is 2.21 bits per heavy atom. The van der Waals surface area contributed by atoms with Gasteiger partial charge in [0.1, 0.15) is 4.99 Å². The van der Waals surface area contributed by atoms with Crippen molar-refractivity contribution in [2.24, 2.45) is 0 Å². The van der Waals surface area contributed by atoms with E-state index in [1.165, 1.54) is 0 Å². The van der Waals surface area contributed by atoms with Gasteiger partial charge in [0.15, 0.2) is 5.82 Å². The Hall–Kier alpha value is -1.95. The third-order valence-corrected chi connectivity index (χ3v) is 4.27. The largest absolute Gasteiger partial charge is 0.446 e. The molecule has 2 aromatic rings. The zero-order valence-corrected chi connectivity index (χ0v) is 10.9. The van der Waals surface area contributed by atoms with E-state index < -0.39 is 5.76 Å². The van der Waals surface area contributed by atoms with E-state index >= 15 is 0 Å². The number of thiocarbonyl (C=S) groups is 1. The van der Waals surface area contributed by atoms with Gasteiger partial charge in [-0.3, -0.25) is 4.52 Å². The lowest BCUT2D eigenvalue weighted by atomic mass is 10.1. The molecule has 1 fully saturated rings. The summed E-state index contributed by atoms with van der Waals surface area (Å²) in [5, 5.41) is 3.97. The number of hydrogen-bond acceptors (Lipinski definition) is 4. The first-order valence-electron chi connectivity index (χ1n) is 6.26. The van der Waals surface area contributed by atoms with E-state index in [9.17, 15) is 4.79 Å². The minimum absolute atomic E-state index is 0.0475. The minimum atomic E-state index is -0.445. The number of para-hydroxylation sites is 1. The maximum atomic E-state index is 11.9. The van der Waals surface area contributed by atoms with Crippen LogP contribution in [0, 0.1) is 0 Å². The van der Waals surface area contributed by atoms with Gasteiger partial charge in [-0.15, -0.1) is 0 Å². The van der Waals surface area contributed by atoms with Crippen LogP contribution in [0.3, 0.4) is 0 Å². The fourth-order valence-corrected chi connectivity index (χ4v) is 3.37. The molecule has 6 heteroatoms. The van der Waals surface area contributed by atoms with Crippen LogP contribution in [0.2, 0.25) is 0 Å². The highest BCUT2D eigenvalue weighted by Gasteiger charge is 2.37. The molecule has 4 rings (SSSR count). The summed E-state index contributed by atoms with van der Waals surface area (Å²) in [6.45, 7) is 0.902. The Morgan fingerprint density at radius 1 is 1.37 bits per heavy atom. The summed E-state index contributed by atoms with van der Waals surface area (Å²) in [5.41, 5.74) is 1.66. The van der Waals surface area contributed by atoms with Crippen molar-refractivity contribution in [1.29, 1.82) is 0 Å². The molecule has 3 heterocycles. The van der Waals surface area contributed by atoms with Crippen molar-refractivity contribution in [3.05, 3.63) is 46.2 Å². The van der Waals surface area contributed by atoms with E-state index in [0.717, 1.165) is 35.6 Å². The topological polar surface area (TPSA) is 51.3 Å². The SMILES string of the molecule is O=c1onc2n1-c1ccccc1C(=S)N1CCCC21. The molecule has 0 bridgehead atoms. The molecule has 0 spiro atoms. The summed E-state index contributed by atoms with van der Waals surface area (Å²) in [4.78, 5) is 14.9. The molecule has 0 amide bonds. The van der Waals surface area contributed by atoms with Crippen LogP contribution < -0.4 is 5.76 Å². The van der Waals surface area contributed by atoms with Crippen LogP contribution in [0.4, 0.5) is 0 Å². The summed E-state index contributed by atoms with van der Waals surface area (Å²) in [6.07, 6.45) is 1.99. The van der Waals surface area contributed by atoms with E-state index in [2.05, 4.69) is 10.1 Å². The number of nitrogens with zero attached hydrogens (tertiary/aromatic N) is 3. The van der Waals surface area contributed by atoms with Crippen LogP contribution in [0.25, 0.3) is 5.69 Å². The fraction of sp³-hybridized carbons (Fsp3) is 0.308. The standard InChI is InChI=1S/C13H11N3O2S/c17-13-16-9-5-2-1-4-8(9)12(19)15-7-3-6-10(15)11(16)14-18-13/h1-2,4-5,10H,3,6-7H2. The van der Waals surface area contributed by atoms with Crippen molar-refractivity contribution in [3.8, 4) is 5.69 Å². The second-order valence-electron chi connectivity index (χ2n) is 4.82. The van der Waals surface area contributed by atoms with Gasteiger partial charge in [0.05, 0.1) is 11.7 Å². The average molecular weight is 273 g/mol. The lowest BCUT2D eigenvalue weighted by Gasteiger charge is -2.23. The second-order valence-corrected chi connectivity index (χ2v) is 5.20. The Kier molecular flexibility index (Phi) is 2.17. The van der Waals surface area contributed by atoms with Crippen molar-refractivity contribution in [1.82, 2.24) is 14.6 Å². The summed E-state index contributed by atoms with van der Waals surface area (Å²) < 4.78 is 6.41. The Bertz CT molecular complexity index is 733. The highest BCUT2D eigenvalue weighted by molar-refractivity contribution is 7.80. The molecule has 0 N–H and O–H groups in total. The van der Waals surface area contributed by atoms with Crippen LogP contribution in [0.1, 0.15) is 30.3 Å². The van der Waals surface area contributed by atoms with Crippen LogP contribution in [-0.4, -0.2) is 26.2 Å². The maximum absolute atomic E-state index is 11.9. The number of hydrogen-bond donors (Lipinski definition) is 0. The van der Waals surface area contributed by atoms with Crippen LogP contribution >= 0.6 is 12.2 Å². The number of benzene rings is 1. The molecule has 2 aliphatic heterocycles. The normalized spacial score (nSPS) is 20.7. The third kappa shape index (κ3) is 1.37. The maximum Gasteiger partial charge on any atom is 0.446 e. The van der Waals surface area contributed by atoms with E-state index in [0.29, 0.717) is 5.82 Å². The van der Waals surface area contributed by atoms with E-state index in [1.807, 2.05) is 24.3 Å². The summed E-state index contributed by atoms with van der Waals surface area (Å²) in [7, 11) is 0. The van der Waals surface area contributed by atoms with E-state index in [1.54, 1.807) is 4.57 Å². The van der Waals surface area contributed by atoms with Crippen LogP contribution in [-0.2, 0) is 0 Å². The van der Waals surface area contributed by atoms with Gasteiger partial charge in [-0.25, -0.2) is 9.36 Å². The molecule has 19 heavy (non-hydrogen) atoms. The Balaban J connectivity index is 2.09. The molecule has 1 aromatic heterocycles. The minimum Gasteiger partial charge on any atom is -0.352 e. The molecular formula is C13H11N3O2S. The smallest absolute Gasteiger partial charge is 0.352 e. The summed E-state index contributed by atoms with van der Waals surface area (Å²) in [6, 6.07) is 7.69. The lowest BCUT2D eigenvalue weighted by molar-refractivity contribution is 0.347. The Labute approximate surface area is 114 Å². The van der Waals surface area contributed by atoms with Crippen LogP contribution in [0.5, 0.6) is 0 Å². The number of aromatic nitrogens is 2. The highest BCUT2D eigenvalue weighted by Crippen LogP contribution is 2.36. The lowest BCUT2D eigenvalue weighted by Crippen LogP contribution is -2.28. The van der Waals surface area contributed by atoms with Crippen LogP contribution in [0.15, 0.2) is 33.6 Å².